The Balaban J connectivity index is 1.76. The minimum Gasteiger partial charge on any atom is -0.361 e. The number of hydrogen-bond donors (Lipinski definition) is 1. The van der Waals surface area contributed by atoms with Crippen molar-refractivity contribution in [3.63, 3.8) is 0 Å². The zero-order valence-electron chi connectivity index (χ0n) is 15.1. The minimum atomic E-state index is -0.130. The zero-order chi connectivity index (χ0) is 18.0. The molecule has 1 N–H and O–H groups in total. The van der Waals surface area contributed by atoms with Gasteiger partial charge in [0.2, 0.25) is 0 Å². The van der Waals surface area contributed by atoms with E-state index >= 15 is 0 Å². The summed E-state index contributed by atoms with van der Waals surface area (Å²) in [5.74, 6) is 1.60. The van der Waals surface area contributed by atoms with Crippen LogP contribution < -0.4 is 10.2 Å². The summed E-state index contributed by atoms with van der Waals surface area (Å²) in [6, 6.07) is 1.92. The molecule has 8 heteroatoms. The first kappa shape index (κ1) is 17.3. The summed E-state index contributed by atoms with van der Waals surface area (Å²) >= 11 is 0. The van der Waals surface area contributed by atoms with E-state index in [1.54, 1.807) is 26.4 Å². The number of nitrogens with one attached hydrogen (secondary N) is 1. The van der Waals surface area contributed by atoms with Crippen molar-refractivity contribution in [3.8, 4) is 0 Å². The quantitative estimate of drug-likeness (QED) is 0.861. The normalized spacial score (nSPS) is 20.3. The van der Waals surface area contributed by atoms with Crippen LogP contribution in [0.2, 0.25) is 0 Å². The summed E-state index contributed by atoms with van der Waals surface area (Å²) in [6.45, 7) is 5.97. The van der Waals surface area contributed by atoms with Crippen LogP contribution in [0.1, 0.15) is 21.8 Å². The van der Waals surface area contributed by atoms with Crippen LogP contribution in [-0.2, 0) is 0 Å². The molecule has 1 aliphatic heterocycles. The standard InChI is InChI=1S/C17H24N6O2/c1-11-16(12(2)25-21-11)17(24)20-14-9-23(8-13(14)7-22(3)4)15-5-6-18-10-19-15/h5-6,10,13-14H,7-9H2,1-4H3,(H,20,24)/t13-,14-/m1/s1. The molecule has 8 nitrogen and oxygen atoms in total. The Bertz CT molecular complexity index is 710. The van der Waals surface area contributed by atoms with Crippen molar-refractivity contribution in [2.75, 3.05) is 38.6 Å². The van der Waals surface area contributed by atoms with Crippen LogP contribution in [0.3, 0.4) is 0 Å². The molecule has 134 valence electrons. The molecule has 1 saturated heterocycles. The third kappa shape index (κ3) is 3.79. The molecule has 1 fully saturated rings. The van der Waals surface area contributed by atoms with Gasteiger partial charge in [-0.05, 0) is 34.0 Å². The van der Waals surface area contributed by atoms with Crippen molar-refractivity contribution in [1.29, 1.82) is 0 Å². The van der Waals surface area contributed by atoms with Gasteiger partial charge in [0.05, 0.1) is 11.7 Å². The molecular weight excluding hydrogens is 320 g/mol. The smallest absolute Gasteiger partial charge is 0.257 e. The lowest BCUT2D eigenvalue weighted by molar-refractivity contribution is 0.0926. The van der Waals surface area contributed by atoms with Crippen LogP contribution >= 0.6 is 0 Å². The van der Waals surface area contributed by atoms with E-state index < -0.39 is 0 Å². The van der Waals surface area contributed by atoms with Crippen LogP contribution in [-0.4, -0.2) is 65.7 Å². The SMILES string of the molecule is Cc1noc(C)c1C(=O)N[C@@H]1CN(c2ccncn2)C[C@H]1CN(C)C. The maximum absolute atomic E-state index is 12.7. The number of amides is 1. The highest BCUT2D eigenvalue weighted by atomic mass is 16.5. The third-order valence-corrected chi connectivity index (χ3v) is 4.51. The average molecular weight is 344 g/mol. The van der Waals surface area contributed by atoms with Crippen molar-refractivity contribution in [1.82, 2.24) is 25.3 Å². The Morgan fingerprint density at radius 1 is 1.40 bits per heavy atom. The van der Waals surface area contributed by atoms with E-state index in [1.807, 2.05) is 20.2 Å². The van der Waals surface area contributed by atoms with Gasteiger partial charge in [0, 0.05) is 31.7 Å². The molecule has 3 heterocycles. The van der Waals surface area contributed by atoms with E-state index in [-0.39, 0.29) is 11.9 Å². The third-order valence-electron chi connectivity index (χ3n) is 4.51. The number of aryl methyl sites for hydroxylation is 2. The highest BCUT2D eigenvalue weighted by Crippen LogP contribution is 2.23. The highest BCUT2D eigenvalue weighted by molar-refractivity contribution is 5.96. The van der Waals surface area contributed by atoms with Gasteiger partial charge in [-0.25, -0.2) is 9.97 Å². The van der Waals surface area contributed by atoms with E-state index in [0.29, 0.717) is 29.5 Å². The van der Waals surface area contributed by atoms with Gasteiger partial charge in [-0.3, -0.25) is 4.79 Å². The van der Waals surface area contributed by atoms with Crippen LogP contribution in [0, 0.1) is 19.8 Å². The molecular formula is C17H24N6O2. The van der Waals surface area contributed by atoms with E-state index in [4.69, 9.17) is 4.52 Å². The van der Waals surface area contributed by atoms with Gasteiger partial charge in [0.15, 0.2) is 0 Å². The van der Waals surface area contributed by atoms with Gasteiger partial charge < -0.3 is 19.6 Å². The highest BCUT2D eigenvalue weighted by Gasteiger charge is 2.35. The first-order chi connectivity index (χ1) is 12.0. The molecule has 0 aliphatic carbocycles. The lowest BCUT2D eigenvalue weighted by atomic mass is 10.0. The maximum Gasteiger partial charge on any atom is 0.257 e. The van der Waals surface area contributed by atoms with Gasteiger partial charge in [0.25, 0.3) is 5.91 Å². The van der Waals surface area contributed by atoms with Gasteiger partial charge in [-0.1, -0.05) is 5.16 Å². The van der Waals surface area contributed by atoms with Gasteiger partial charge in [-0.15, -0.1) is 0 Å². The average Bonchev–Trinajstić information content (AvgIpc) is 3.11. The summed E-state index contributed by atoms with van der Waals surface area (Å²) in [5, 5.41) is 7.04. The van der Waals surface area contributed by atoms with Gasteiger partial charge >= 0.3 is 0 Å². The predicted octanol–water partition coefficient (Wildman–Crippen LogP) is 0.878. The van der Waals surface area contributed by atoms with E-state index in [1.165, 1.54) is 0 Å². The second-order valence-electron chi connectivity index (χ2n) is 6.77. The Morgan fingerprint density at radius 3 is 2.80 bits per heavy atom. The number of nitrogens with zero attached hydrogens (tertiary/aromatic N) is 5. The lowest BCUT2D eigenvalue weighted by Gasteiger charge is -2.22. The van der Waals surface area contributed by atoms with E-state index in [9.17, 15) is 4.79 Å². The molecule has 0 saturated carbocycles. The fraction of sp³-hybridized carbons (Fsp3) is 0.529. The molecule has 1 aliphatic rings. The van der Waals surface area contributed by atoms with Gasteiger partial charge in [0.1, 0.15) is 23.5 Å². The van der Waals surface area contributed by atoms with Crippen molar-refractivity contribution in [2.24, 2.45) is 5.92 Å². The molecule has 2 atom stereocenters. The first-order valence-electron chi connectivity index (χ1n) is 8.35. The number of hydrogen-bond acceptors (Lipinski definition) is 7. The summed E-state index contributed by atoms with van der Waals surface area (Å²) in [7, 11) is 4.08. The van der Waals surface area contributed by atoms with Crippen LogP contribution in [0.15, 0.2) is 23.1 Å². The van der Waals surface area contributed by atoms with Crippen LogP contribution in [0.5, 0.6) is 0 Å². The first-order valence-corrected chi connectivity index (χ1v) is 8.35. The predicted molar refractivity (Wildman–Crippen MR) is 93.5 cm³/mol. The molecule has 0 unspecified atom stereocenters. The van der Waals surface area contributed by atoms with Crippen LogP contribution in [0.4, 0.5) is 5.82 Å². The molecule has 0 radical (unpaired) electrons. The lowest BCUT2D eigenvalue weighted by Crippen LogP contribution is -2.43. The molecule has 0 spiro atoms. The maximum atomic E-state index is 12.7. The molecule has 0 aromatic carbocycles. The zero-order valence-corrected chi connectivity index (χ0v) is 15.1. The molecule has 2 aromatic rings. The summed E-state index contributed by atoms with van der Waals surface area (Å²) < 4.78 is 5.12. The number of anilines is 1. The molecule has 0 bridgehead atoms. The van der Waals surface area contributed by atoms with Crippen molar-refractivity contribution in [2.45, 2.75) is 19.9 Å². The second-order valence-corrected chi connectivity index (χ2v) is 6.77. The van der Waals surface area contributed by atoms with Crippen LogP contribution in [0.25, 0.3) is 0 Å². The summed E-state index contributed by atoms with van der Waals surface area (Å²) in [4.78, 5) is 25.3. The van der Waals surface area contributed by atoms with E-state index in [0.717, 1.165) is 18.9 Å². The molecule has 25 heavy (non-hydrogen) atoms. The molecule has 1 amide bonds. The number of rotatable bonds is 5. The molecule has 3 rings (SSSR count). The summed E-state index contributed by atoms with van der Waals surface area (Å²) in [5.41, 5.74) is 1.15. The Hall–Kier alpha value is -2.48. The second kappa shape index (κ2) is 7.18. The largest absolute Gasteiger partial charge is 0.361 e. The Kier molecular flexibility index (Phi) is 4.98. The number of carbonyl (C=O) groups is 1. The minimum absolute atomic E-state index is 0.0264. The van der Waals surface area contributed by atoms with E-state index in [2.05, 4.69) is 30.2 Å². The topological polar surface area (TPSA) is 87.4 Å². The number of carbonyl (C=O) groups excluding carboxylic acids is 1. The van der Waals surface area contributed by atoms with Crippen molar-refractivity contribution < 1.29 is 9.32 Å². The van der Waals surface area contributed by atoms with Gasteiger partial charge in [-0.2, -0.15) is 0 Å². The number of aromatic nitrogens is 3. The summed E-state index contributed by atoms with van der Waals surface area (Å²) in [6.07, 6.45) is 3.28. The Labute approximate surface area is 147 Å². The fourth-order valence-corrected chi connectivity index (χ4v) is 3.39. The fourth-order valence-electron chi connectivity index (χ4n) is 3.39. The Morgan fingerprint density at radius 2 is 2.20 bits per heavy atom. The monoisotopic (exact) mass is 344 g/mol. The van der Waals surface area contributed by atoms with Crippen molar-refractivity contribution >= 4 is 11.7 Å². The van der Waals surface area contributed by atoms with Crippen molar-refractivity contribution in [3.05, 3.63) is 35.6 Å². The molecule has 2 aromatic heterocycles.